The lowest BCUT2D eigenvalue weighted by Gasteiger charge is -2.02. The fourth-order valence-electron chi connectivity index (χ4n) is 1.38. The van der Waals surface area contributed by atoms with Crippen LogP contribution in [0.3, 0.4) is 0 Å². The van der Waals surface area contributed by atoms with E-state index in [2.05, 4.69) is 9.97 Å². The predicted molar refractivity (Wildman–Crippen MR) is 48.1 cm³/mol. The number of halogens is 1. The van der Waals surface area contributed by atoms with Crippen molar-refractivity contribution in [3.8, 4) is 0 Å². The Morgan fingerprint density at radius 2 is 2.27 bits per heavy atom. The molecule has 1 aromatic heterocycles. The quantitative estimate of drug-likeness (QED) is 0.760. The maximum absolute atomic E-state index is 13.3. The van der Waals surface area contributed by atoms with Crippen molar-refractivity contribution in [3.63, 3.8) is 0 Å². The minimum absolute atomic E-state index is 0.0100. The molecule has 2 N–H and O–H groups in total. The molecule has 80 valence electrons. The van der Waals surface area contributed by atoms with Gasteiger partial charge in [0.25, 0.3) is 5.56 Å². The Hall–Kier alpha value is -1.72. The molecule has 1 heterocycles. The van der Waals surface area contributed by atoms with E-state index >= 15 is 0 Å². The van der Waals surface area contributed by atoms with Gasteiger partial charge >= 0.3 is 5.97 Å². The van der Waals surface area contributed by atoms with Crippen molar-refractivity contribution in [3.05, 3.63) is 27.7 Å². The van der Waals surface area contributed by atoms with Gasteiger partial charge in [0.15, 0.2) is 0 Å². The SMILES string of the molecule is O=C(O)Cc1nc(C2CC2)c(F)c(=O)[nH]1. The van der Waals surface area contributed by atoms with Crippen molar-refractivity contribution in [1.82, 2.24) is 9.97 Å². The summed E-state index contributed by atoms with van der Waals surface area (Å²) in [7, 11) is 0. The van der Waals surface area contributed by atoms with Crippen LogP contribution >= 0.6 is 0 Å². The largest absolute Gasteiger partial charge is 0.481 e. The number of aliphatic carboxylic acids is 1. The molecular formula is C9H9FN2O3. The molecule has 15 heavy (non-hydrogen) atoms. The molecule has 0 aliphatic heterocycles. The predicted octanol–water partition coefficient (Wildman–Crippen LogP) is 0.414. The molecule has 6 heteroatoms. The molecule has 0 amide bonds. The van der Waals surface area contributed by atoms with Gasteiger partial charge in [-0.15, -0.1) is 0 Å². The topological polar surface area (TPSA) is 83.0 Å². The molecule has 0 unspecified atom stereocenters. The third kappa shape index (κ3) is 2.03. The summed E-state index contributed by atoms with van der Waals surface area (Å²) in [6.07, 6.45) is 1.22. The smallest absolute Gasteiger partial charge is 0.311 e. The highest BCUT2D eigenvalue weighted by Gasteiger charge is 2.30. The first-order valence-corrected chi connectivity index (χ1v) is 4.58. The zero-order valence-electron chi connectivity index (χ0n) is 7.79. The second kappa shape index (κ2) is 3.45. The lowest BCUT2D eigenvalue weighted by atomic mass is 10.2. The highest BCUT2D eigenvalue weighted by Crippen LogP contribution is 2.39. The Kier molecular flexibility index (Phi) is 2.26. The van der Waals surface area contributed by atoms with E-state index < -0.39 is 23.8 Å². The van der Waals surface area contributed by atoms with Crippen molar-refractivity contribution in [2.24, 2.45) is 0 Å². The number of nitrogens with one attached hydrogen (secondary N) is 1. The second-order valence-corrected chi connectivity index (χ2v) is 3.56. The zero-order valence-corrected chi connectivity index (χ0v) is 7.79. The molecule has 2 rings (SSSR count). The van der Waals surface area contributed by atoms with Crippen LogP contribution in [-0.2, 0) is 11.2 Å². The maximum atomic E-state index is 13.3. The first kappa shape index (κ1) is 9.82. The number of aromatic nitrogens is 2. The first-order chi connectivity index (χ1) is 7.08. The normalized spacial score (nSPS) is 15.3. The number of H-pyrrole nitrogens is 1. The van der Waals surface area contributed by atoms with Gasteiger partial charge in [0, 0.05) is 5.92 Å². The molecular weight excluding hydrogens is 203 g/mol. The lowest BCUT2D eigenvalue weighted by molar-refractivity contribution is -0.136. The van der Waals surface area contributed by atoms with E-state index in [9.17, 15) is 14.0 Å². The highest BCUT2D eigenvalue weighted by molar-refractivity contribution is 5.68. The van der Waals surface area contributed by atoms with Crippen LogP contribution in [-0.4, -0.2) is 21.0 Å². The van der Waals surface area contributed by atoms with E-state index in [1.807, 2.05) is 0 Å². The number of carboxylic acid groups (broad SMARTS) is 1. The highest BCUT2D eigenvalue weighted by atomic mass is 19.1. The Morgan fingerprint density at radius 3 is 2.80 bits per heavy atom. The Bertz CT molecular complexity index is 465. The molecule has 1 saturated carbocycles. The van der Waals surface area contributed by atoms with Gasteiger partial charge in [-0.25, -0.2) is 4.98 Å². The number of aromatic amines is 1. The van der Waals surface area contributed by atoms with Crippen LogP contribution in [0.5, 0.6) is 0 Å². The van der Waals surface area contributed by atoms with Crippen LogP contribution in [0, 0.1) is 5.82 Å². The molecule has 1 aliphatic carbocycles. The van der Waals surface area contributed by atoms with Crippen LogP contribution < -0.4 is 5.56 Å². The van der Waals surface area contributed by atoms with E-state index in [0.29, 0.717) is 0 Å². The second-order valence-electron chi connectivity index (χ2n) is 3.56. The monoisotopic (exact) mass is 212 g/mol. The molecule has 1 aromatic rings. The molecule has 0 saturated heterocycles. The van der Waals surface area contributed by atoms with E-state index in [1.165, 1.54) is 0 Å². The number of hydrogen-bond acceptors (Lipinski definition) is 3. The van der Waals surface area contributed by atoms with Crippen molar-refractivity contribution >= 4 is 5.97 Å². The fourth-order valence-corrected chi connectivity index (χ4v) is 1.38. The van der Waals surface area contributed by atoms with Gasteiger partial charge in [-0.3, -0.25) is 9.59 Å². The molecule has 0 atom stereocenters. The maximum Gasteiger partial charge on any atom is 0.311 e. The molecule has 0 aromatic carbocycles. The average Bonchev–Trinajstić information content (AvgIpc) is 2.93. The standard InChI is InChI=1S/C9H9FN2O3/c10-7-8(4-1-2-4)11-5(3-6(13)14)12-9(7)15/h4H,1-3H2,(H,13,14)(H,11,12,15). The van der Waals surface area contributed by atoms with Crippen molar-refractivity contribution in [1.29, 1.82) is 0 Å². The molecule has 0 bridgehead atoms. The number of hydrogen-bond donors (Lipinski definition) is 2. The van der Waals surface area contributed by atoms with E-state index in [4.69, 9.17) is 5.11 Å². The van der Waals surface area contributed by atoms with Crippen LogP contribution in [0.15, 0.2) is 4.79 Å². The molecule has 0 spiro atoms. The van der Waals surface area contributed by atoms with Crippen molar-refractivity contribution in [2.45, 2.75) is 25.2 Å². The van der Waals surface area contributed by atoms with Crippen LogP contribution in [0.25, 0.3) is 0 Å². The van der Waals surface area contributed by atoms with Crippen LogP contribution in [0.4, 0.5) is 4.39 Å². The van der Waals surface area contributed by atoms with E-state index in [1.54, 1.807) is 0 Å². The third-order valence-corrected chi connectivity index (χ3v) is 2.22. The number of nitrogens with zero attached hydrogens (tertiary/aromatic N) is 1. The third-order valence-electron chi connectivity index (χ3n) is 2.22. The molecule has 5 nitrogen and oxygen atoms in total. The summed E-state index contributed by atoms with van der Waals surface area (Å²) in [5, 5.41) is 8.52. The summed E-state index contributed by atoms with van der Waals surface area (Å²) in [6.45, 7) is 0. The summed E-state index contributed by atoms with van der Waals surface area (Å²) in [5.74, 6) is -1.99. The van der Waals surface area contributed by atoms with E-state index in [-0.39, 0.29) is 17.4 Å². The average molecular weight is 212 g/mol. The summed E-state index contributed by atoms with van der Waals surface area (Å²) in [4.78, 5) is 27.4. The van der Waals surface area contributed by atoms with Gasteiger partial charge in [0.2, 0.25) is 5.82 Å². The Balaban J connectivity index is 2.41. The summed E-state index contributed by atoms with van der Waals surface area (Å²) >= 11 is 0. The summed E-state index contributed by atoms with van der Waals surface area (Å²) < 4.78 is 13.3. The number of carbonyl (C=O) groups is 1. The zero-order chi connectivity index (χ0) is 11.0. The Morgan fingerprint density at radius 1 is 1.60 bits per heavy atom. The van der Waals surface area contributed by atoms with Crippen molar-refractivity contribution < 1.29 is 14.3 Å². The van der Waals surface area contributed by atoms with Gasteiger partial charge < -0.3 is 10.1 Å². The van der Waals surface area contributed by atoms with E-state index in [0.717, 1.165) is 12.8 Å². The van der Waals surface area contributed by atoms with Crippen molar-refractivity contribution in [2.75, 3.05) is 0 Å². The number of carboxylic acids is 1. The molecule has 1 aliphatic rings. The minimum Gasteiger partial charge on any atom is -0.481 e. The minimum atomic E-state index is -1.11. The van der Waals surface area contributed by atoms with Crippen LogP contribution in [0.2, 0.25) is 0 Å². The molecule has 0 radical (unpaired) electrons. The summed E-state index contributed by atoms with van der Waals surface area (Å²) in [6, 6.07) is 0. The van der Waals surface area contributed by atoms with Gasteiger partial charge in [0.05, 0.1) is 5.69 Å². The fraction of sp³-hybridized carbons (Fsp3) is 0.444. The Labute approximate surface area is 84.0 Å². The number of rotatable bonds is 3. The van der Waals surface area contributed by atoms with Gasteiger partial charge in [0.1, 0.15) is 12.2 Å². The molecule has 1 fully saturated rings. The summed E-state index contributed by atoms with van der Waals surface area (Å²) in [5.41, 5.74) is -0.779. The van der Waals surface area contributed by atoms with Gasteiger partial charge in [-0.05, 0) is 12.8 Å². The first-order valence-electron chi connectivity index (χ1n) is 4.58. The van der Waals surface area contributed by atoms with Gasteiger partial charge in [-0.2, -0.15) is 4.39 Å². The lowest BCUT2D eigenvalue weighted by Crippen LogP contribution is -2.20. The van der Waals surface area contributed by atoms with Gasteiger partial charge in [-0.1, -0.05) is 0 Å². The van der Waals surface area contributed by atoms with Crippen LogP contribution in [0.1, 0.15) is 30.3 Å².